The van der Waals surface area contributed by atoms with Crippen molar-refractivity contribution in [3.8, 4) is 0 Å². The second-order valence-corrected chi connectivity index (χ2v) is 11.1. The summed E-state index contributed by atoms with van der Waals surface area (Å²) >= 11 is 0. The zero-order valence-electron chi connectivity index (χ0n) is 15.5. The number of rotatable bonds is 7. The molecular weight excluding hydrogens is 325 g/mol. The molecule has 1 aromatic carbocycles. The van der Waals surface area contributed by atoms with E-state index in [2.05, 4.69) is 0 Å². The van der Waals surface area contributed by atoms with Gasteiger partial charge in [0, 0.05) is 0 Å². The molecule has 0 aromatic heterocycles. The maximum atomic E-state index is 12.7. The van der Waals surface area contributed by atoms with Gasteiger partial charge in [-0.3, -0.25) is 0 Å². The van der Waals surface area contributed by atoms with Crippen LogP contribution in [-0.4, -0.2) is 49.4 Å². The fourth-order valence-electron chi connectivity index (χ4n) is 2.40. The van der Waals surface area contributed by atoms with Crippen LogP contribution >= 0.6 is 7.41 Å². The van der Waals surface area contributed by atoms with Gasteiger partial charge in [-0.25, -0.2) is 9.59 Å². The van der Waals surface area contributed by atoms with E-state index in [1.807, 2.05) is 64.2 Å². The third-order valence-electron chi connectivity index (χ3n) is 3.46. The van der Waals surface area contributed by atoms with E-state index < -0.39 is 19.5 Å². The Morgan fingerprint density at radius 2 is 1.67 bits per heavy atom. The molecule has 6 heteroatoms. The van der Waals surface area contributed by atoms with E-state index in [9.17, 15) is 9.59 Å². The van der Waals surface area contributed by atoms with Crippen LogP contribution in [0.15, 0.2) is 30.3 Å². The largest absolute Gasteiger partial charge is 0.464 e. The summed E-state index contributed by atoms with van der Waals surface area (Å²) in [6.07, 6.45) is -0.466. The first kappa shape index (κ1) is 20.4. The molecular formula is C18H29NO4P+. The Bertz CT molecular complexity index is 540. The molecule has 5 nitrogen and oxygen atoms in total. The van der Waals surface area contributed by atoms with Crippen LogP contribution < -0.4 is 0 Å². The van der Waals surface area contributed by atoms with E-state index in [1.54, 1.807) is 11.6 Å². The fraction of sp³-hybridized carbons (Fsp3) is 0.556. The summed E-state index contributed by atoms with van der Waals surface area (Å²) in [5, 5.41) is 0. The zero-order valence-corrected chi connectivity index (χ0v) is 16.4. The summed E-state index contributed by atoms with van der Waals surface area (Å²) in [7, 11) is -1.83. The SMILES string of the molecule is CCOC(=O)[C@H](C(C)C)N(C(=O)OCc1ccccc1)[P+](C)(C)C. The molecule has 0 aliphatic heterocycles. The highest BCUT2D eigenvalue weighted by molar-refractivity contribution is 7.72. The Labute approximate surface area is 145 Å². The normalized spacial score (nSPS) is 12.6. The van der Waals surface area contributed by atoms with Crippen molar-refractivity contribution in [1.29, 1.82) is 0 Å². The number of carbonyl (C=O) groups is 2. The highest BCUT2D eigenvalue weighted by Gasteiger charge is 2.46. The van der Waals surface area contributed by atoms with E-state index in [-0.39, 0.29) is 25.1 Å². The summed E-state index contributed by atoms with van der Waals surface area (Å²) in [5.41, 5.74) is 0.912. The van der Waals surface area contributed by atoms with Gasteiger partial charge in [-0.1, -0.05) is 44.2 Å². The molecule has 0 heterocycles. The first-order valence-corrected chi connectivity index (χ1v) is 11.2. The Kier molecular flexibility index (Phi) is 7.68. The summed E-state index contributed by atoms with van der Waals surface area (Å²) in [6.45, 7) is 12.0. The highest BCUT2D eigenvalue weighted by atomic mass is 31.2. The molecule has 0 spiro atoms. The topological polar surface area (TPSA) is 55.8 Å². The van der Waals surface area contributed by atoms with Crippen LogP contribution in [0, 0.1) is 5.92 Å². The van der Waals surface area contributed by atoms with Gasteiger partial charge < -0.3 is 9.47 Å². The van der Waals surface area contributed by atoms with Gasteiger partial charge in [-0.05, 0) is 18.4 Å². The van der Waals surface area contributed by atoms with Crippen molar-refractivity contribution in [2.24, 2.45) is 5.92 Å². The predicted molar refractivity (Wildman–Crippen MR) is 98.4 cm³/mol. The Morgan fingerprint density at radius 3 is 2.12 bits per heavy atom. The predicted octanol–water partition coefficient (Wildman–Crippen LogP) is 4.03. The first-order chi connectivity index (χ1) is 11.2. The highest BCUT2D eigenvalue weighted by Crippen LogP contribution is 2.53. The molecule has 1 atom stereocenters. The summed E-state index contributed by atoms with van der Waals surface area (Å²) in [6, 6.07) is 8.86. The second-order valence-electron chi connectivity index (χ2n) is 6.77. The van der Waals surface area contributed by atoms with Crippen molar-refractivity contribution >= 4 is 19.5 Å². The van der Waals surface area contributed by atoms with Crippen molar-refractivity contribution in [3.05, 3.63) is 35.9 Å². The smallest absolute Gasteiger partial charge is 0.442 e. The van der Waals surface area contributed by atoms with Crippen molar-refractivity contribution in [3.63, 3.8) is 0 Å². The molecule has 0 saturated heterocycles. The van der Waals surface area contributed by atoms with E-state index in [4.69, 9.17) is 9.47 Å². The lowest BCUT2D eigenvalue weighted by Crippen LogP contribution is -2.48. The third kappa shape index (κ3) is 5.79. The van der Waals surface area contributed by atoms with E-state index in [1.165, 1.54) is 0 Å². The van der Waals surface area contributed by atoms with Crippen molar-refractivity contribution in [2.75, 3.05) is 26.6 Å². The van der Waals surface area contributed by atoms with Crippen molar-refractivity contribution < 1.29 is 19.1 Å². The Morgan fingerprint density at radius 1 is 1.08 bits per heavy atom. The molecule has 0 N–H and O–H groups in total. The molecule has 24 heavy (non-hydrogen) atoms. The number of hydrogen-bond acceptors (Lipinski definition) is 4. The number of benzene rings is 1. The average Bonchev–Trinajstić information content (AvgIpc) is 2.49. The second kappa shape index (κ2) is 9.03. The Hall–Kier alpha value is -1.61. The fourth-order valence-corrected chi connectivity index (χ4v) is 4.05. The zero-order chi connectivity index (χ0) is 18.3. The maximum absolute atomic E-state index is 12.7. The number of ether oxygens (including phenoxy) is 2. The molecule has 0 bridgehead atoms. The molecule has 0 unspecified atom stereocenters. The average molecular weight is 354 g/mol. The van der Waals surface area contributed by atoms with Crippen LogP contribution in [0.3, 0.4) is 0 Å². The molecule has 134 valence electrons. The standard InChI is InChI=1S/C18H29NO4P/c1-7-22-17(20)16(14(2)3)19(24(4,5)6)18(21)23-13-15-11-9-8-10-12-15/h8-12,14,16H,7,13H2,1-6H3/q+1/t16-/m0/s1. The third-order valence-corrected chi connectivity index (χ3v) is 5.17. The maximum Gasteiger partial charge on any atom is 0.442 e. The van der Waals surface area contributed by atoms with Gasteiger partial charge >= 0.3 is 12.1 Å². The van der Waals surface area contributed by atoms with Gasteiger partial charge in [-0.15, -0.1) is 0 Å². The van der Waals surface area contributed by atoms with Gasteiger partial charge in [0.05, 0.1) is 26.6 Å². The lowest BCUT2D eigenvalue weighted by atomic mass is 10.1. The van der Waals surface area contributed by atoms with Crippen molar-refractivity contribution in [2.45, 2.75) is 33.4 Å². The van der Waals surface area contributed by atoms with Gasteiger partial charge in [-0.2, -0.15) is 4.67 Å². The van der Waals surface area contributed by atoms with Crippen molar-refractivity contribution in [1.82, 2.24) is 4.67 Å². The number of hydrogen-bond donors (Lipinski definition) is 0. The van der Waals surface area contributed by atoms with E-state index in [0.29, 0.717) is 0 Å². The summed E-state index contributed by atoms with van der Waals surface area (Å²) in [5.74, 6) is -0.438. The molecule has 0 aliphatic rings. The molecule has 1 amide bonds. The molecule has 1 aromatic rings. The Balaban J connectivity index is 2.97. The first-order valence-electron chi connectivity index (χ1n) is 8.17. The van der Waals surface area contributed by atoms with Gasteiger partial charge in [0.15, 0.2) is 6.04 Å². The minimum absolute atomic E-state index is 0.0625. The number of esters is 1. The minimum Gasteiger partial charge on any atom is -0.464 e. The lowest BCUT2D eigenvalue weighted by molar-refractivity contribution is -0.148. The van der Waals surface area contributed by atoms with Crippen LogP contribution in [0.25, 0.3) is 0 Å². The number of carbonyl (C=O) groups excluding carboxylic acids is 2. The molecule has 0 saturated carbocycles. The number of amides is 1. The van der Waals surface area contributed by atoms with Gasteiger partial charge in [0.1, 0.15) is 14.0 Å². The van der Waals surface area contributed by atoms with E-state index in [0.717, 1.165) is 5.56 Å². The molecule has 0 radical (unpaired) electrons. The minimum atomic E-state index is -1.83. The number of nitrogens with zero attached hydrogens (tertiary/aromatic N) is 1. The van der Waals surface area contributed by atoms with Crippen LogP contribution in [0.1, 0.15) is 26.3 Å². The van der Waals surface area contributed by atoms with Crippen LogP contribution in [-0.2, 0) is 20.9 Å². The summed E-state index contributed by atoms with van der Waals surface area (Å²) < 4.78 is 12.3. The lowest BCUT2D eigenvalue weighted by Gasteiger charge is -2.34. The van der Waals surface area contributed by atoms with E-state index >= 15 is 0 Å². The molecule has 1 rings (SSSR count). The van der Waals surface area contributed by atoms with Gasteiger partial charge in [0.25, 0.3) is 0 Å². The summed E-state index contributed by atoms with van der Waals surface area (Å²) in [4.78, 5) is 25.1. The van der Waals surface area contributed by atoms with Crippen LogP contribution in [0.2, 0.25) is 0 Å². The van der Waals surface area contributed by atoms with Crippen LogP contribution in [0.5, 0.6) is 0 Å². The van der Waals surface area contributed by atoms with Crippen LogP contribution in [0.4, 0.5) is 4.79 Å². The van der Waals surface area contributed by atoms with Gasteiger partial charge in [0.2, 0.25) is 0 Å². The quantitative estimate of drug-likeness (QED) is 0.548. The molecule has 0 aliphatic carbocycles. The monoisotopic (exact) mass is 354 g/mol. The molecule has 0 fully saturated rings.